The maximum atomic E-state index is 14.3. The van der Waals surface area contributed by atoms with Crippen molar-refractivity contribution in [1.29, 1.82) is 0 Å². The van der Waals surface area contributed by atoms with Crippen LogP contribution in [0.25, 0.3) is 0 Å². The molecule has 29 heavy (non-hydrogen) atoms. The molecule has 1 atom stereocenters. The average Bonchev–Trinajstić information content (AvgIpc) is 3.51. The Morgan fingerprint density at radius 1 is 1.21 bits per heavy atom. The topological polar surface area (TPSA) is 24.5 Å². The van der Waals surface area contributed by atoms with Gasteiger partial charge in [0.15, 0.2) is 0 Å². The van der Waals surface area contributed by atoms with Crippen LogP contribution in [0.3, 0.4) is 0 Å². The summed E-state index contributed by atoms with van der Waals surface area (Å²) in [4.78, 5) is 1.89. The highest BCUT2D eigenvalue weighted by Crippen LogP contribution is 2.46. The molecular formula is C22H20BrF3N2O. The predicted octanol–water partition coefficient (Wildman–Crippen LogP) is 5.20. The predicted molar refractivity (Wildman–Crippen MR) is 110 cm³/mol. The summed E-state index contributed by atoms with van der Waals surface area (Å²) in [5, 5.41) is 2.71. The molecule has 1 heterocycles. The van der Waals surface area contributed by atoms with Crippen molar-refractivity contribution in [3.8, 4) is 17.6 Å². The first-order valence-corrected chi connectivity index (χ1v) is 10.1. The van der Waals surface area contributed by atoms with Crippen LogP contribution in [-0.4, -0.2) is 20.0 Å². The number of rotatable bonds is 3. The van der Waals surface area contributed by atoms with Crippen LogP contribution in [0, 0.1) is 17.8 Å². The van der Waals surface area contributed by atoms with E-state index in [1.54, 1.807) is 19.2 Å². The number of halogens is 4. The summed E-state index contributed by atoms with van der Waals surface area (Å²) in [5.74, 6) is 6.21. The minimum absolute atomic E-state index is 0.0361. The zero-order valence-corrected chi connectivity index (χ0v) is 17.4. The van der Waals surface area contributed by atoms with E-state index in [4.69, 9.17) is 4.74 Å². The first-order chi connectivity index (χ1) is 13.8. The van der Waals surface area contributed by atoms with Crippen molar-refractivity contribution >= 4 is 21.6 Å². The molecular weight excluding hydrogens is 445 g/mol. The van der Waals surface area contributed by atoms with E-state index in [1.165, 1.54) is 6.07 Å². The van der Waals surface area contributed by atoms with Crippen molar-refractivity contribution in [3.05, 3.63) is 58.1 Å². The molecule has 4 rings (SSSR count). The van der Waals surface area contributed by atoms with Crippen molar-refractivity contribution < 1.29 is 17.9 Å². The van der Waals surface area contributed by atoms with Crippen molar-refractivity contribution in [1.82, 2.24) is 5.32 Å². The highest BCUT2D eigenvalue weighted by Gasteiger charge is 2.58. The number of nitrogens with one attached hydrogen (secondary N) is 1. The van der Waals surface area contributed by atoms with E-state index in [9.17, 15) is 13.2 Å². The van der Waals surface area contributed by atoms with Crippen LogP contribution in [-0.2, 0) is 12.1 Å². The van der Waals surface area contributed by atoms with Gasteiger partial charge in [-0.25, -0.2) is 0 Å². The van der Waals surface area contributed by atoms with Crippen LogP contribution in [0.5, 0.6) is 5.75 Å². The van der Waals surface area contributed by atoms with Gasteiger partial charge >= 0.3 is 6.18 Å². The van der Waals surface area contributed by atoms with Gasteiger partial charge in [-0.1, -0.05) is 46.0 Å². The molecule has 7 heteroatoms. The number of benzene rings is 2. The van der Waals surface area contributed by atoms with Gasteiger partial charge in [0.25, 0.3) is 0 Å². The first kappa shape index (κ1) is 20.1. The molecule has 1 saturated carbocycles. The van der Waals surface area contributed by atoms with E-state index in [-0.39, 0.29) is 18.2 Å². The summed E-state index contributed by atoms with van der Waals surface area (Å²) in [6.45, 7) is 0.499. The molecule has 0 spiro atoms. The maximum Gasteiger partial charge on any atom is 0.422 e. The Morgan fingerprint density at radius 3 is 2.55 bits per heavy atom. The number of hydrogen-bond acceptors (Lipinski definition) is 3. The molecule has 0 aromatic heterocycles. The third kappa shape index (κ3) is 3.96. The number of anilines is 1. The molecule has 1 aliphatic carbocycles. The molecule has 1 N–H and O–H groups in total. The molecule has 2 aliphatic rings. The molecule has 1 aliphatic heterocycles. The normalized spacial score (nSPS) is 21.2. The SMILES string of the molecule is COc1ccc(CN2CN[C@](C#CC3CC3)(C(F)(F)F)c3ccc(Br)cc32)cc1. The monoisotopic (exact) mass is 464 g/mol. The molecule has 0 bridgehead atoms. The smallest absolute Gasteiger partial charge is 0.422 e. The van der Waals surface area contributed by atoms with Crippen LogP contribution in [0.4, 0.5) is 18.9 Å². The molecule has 0 amide bonds. The average molecular weight is 465 g/mol. The zero-order chi connectivity index (χ0) is 20.6. The van der Waals surface area contributed by atoms with Gasteiger partial charge in [-0.2, -0.15) is 13.2 Å². The second-order valence-corrected chi connectivity index (χ2v) is 8.25. The fraction of sp³-hybridized carbons (Fsp3) is 0.364. The van der Waals surface area contributed by atoms with Crippen LogP contribution >= 0.6 is 15.9 Å². The van der Waals surface area contributed by atoms with Gasteiger partial charge < -0.3 is 9.64 Å². The Labute approximate surface area is 176 Å². The fourth-order valence-corrected chi connectivity index (χ4v) is 3.79. The van der Waals surface area contributed by atoms with E-state index in [0.717, 1.165) is 28.6 Å². The Morgan fingerprint density at radius 2 is 1.93 bits per heavy atom. The fourth-order valence-electron chi connectivity index (χ4n) is 3.44. The van der Waals surface area contributed by atoms with Crippen LogP contribution in [0.1, 0.15) is 24.0 Å². The minimum Gasteiger partial charge on any atom is -0.497 e. The van der Waals surface area contributed by atoms with E-state index >= 15 is 0 Å². The second-order valence-electron chi connectivity index (χ2n) is 7.33. The van der Waals surface area contributed by atoms with Gasteiger partial charge in [-0.15, -0.1) is 0 Å². The minimum atomic E-state index is -4.54. The standard InChI is InChI=1S/C22H20BrF3N2O/c1-29-18-7-4-16(5-8-18)13-28-14-27-21(22(24,25)26,11-10-15-2-3-15)19-9-6-17(23)12-20(19)28/h4-9,12,15,27H,2-3,13-14H2,1H3/t21-/m0/s1. The summed E-state index contributed by atoms with van der Waals surface area (Å²) >= 11 is 3.40. The van der Waals surface area contributed by atoms with Crippen molar-refractivity contribution in [2.75, 3.05) is 18.7 Å². The number of hydrogen-bond donors (Lipinski definition) is 1. The quantitative estimate of drug-likeness (QED) is 0.632. The molecule has 1 fully saturated rings. The molecule has 2 aromatic rings. The third-order valence-corrected chi connectivity index (χ3v) is 5.73. The molecule has 3 nitrogen and oxygen atoms in total. The number of alkyl halides is 3. The third-order valence-electron chi connectivity index (χ3n) is 5.24. The highest BCUT2D eigenvalue weighted by molar-refractivity contribution is 9.10. The first-order valence-electron chi connectivity index (χ1n) is 9.35. The van der Waals surface area contributed by atoms with Crippen molar-refractivity contribution in [3.63, 3.8) is 0 Å². The zero-order valence-electron chi connectivity index (χ0n) is 15.8. The summed E-state index contributed by atoms with van der Waals surface area (Å²) in [5.41, 5.74) is -0.721. The number of nitrogens with zero attached hydrogens (tertiary/aromatic N) is 1. The van der Waals surface area contributed by atoms with Gasteiger partial charge in [-0.05, 0) is 42.7 Å². The second kappa shape index (κ2) is 7.58. The molecule has 0 unspecified atom stereocenters. The van der Waals surface area contributed by atoms with Crippen LogP contribution in [0.15, 0.2) is 46.9 Å². The van der Waals surface area contributed by atoms with E-state index < -0.39 is 11.7 Å². The van der Waals surface area contributed by atoms with Gasteiger partial charge in [0, 0.05) is 28.2 Å². The van der Waals surface area contributed by atoms with E-state index in [0.29, 0.717) is 12.2 Å². The molecule has 0 saturated heterocycles. The van der Waals surface area contributed by atoms with E-state index in [2.05, 4.69) is 33.1 Å². The number of fused-ring (bicyclic) bond motifs is 1. The number of methoxy groups -OCH3 is 1. The maximum absolute atomic E-state index is 14.3. The summed E-state index contributed by atoms with van der Waals surface area (Å²) in [6.07, 6.45) is -2.79. The lowest BCUT2D eigenvalue weighted by atomic mass is 9.86. The van der Waals surface area contributed by atoms with Crippen LogP contribution < -0.4 is 15.0 Å². The molecule has 2 aromatic carbocycles. The number of ether oxygens (including phenoxy) is 1. The summed E-state index contributed by atoms with van der Waals surface area (Å²) in [6, 6.07) is 12.4. The van der Waals surface area contributed by atoms with Gasteiger partial charge in [0.1, 0.15) is 5.75 Å². The highest BCUT2D eigenvalue weighted by atomic mass is 79.9. The van der Waals surface area contributed by atoms with Crippen molar-refractivity contribution in [2.24, 2.45) is 5.92 Å². The van der Waals surface area contributed by atoms with Gasteiger partial charge in [0.05, 0.1) is 13.8 Å². The Hall–Kier alpha value is -2.17. The van der Waals surface area contributed by atoms with Gasteiger partial charge in [-0.3, -0.25) is 5.32 Å². The lowest BCUT2D eigenvalue weighted by Gasteiger charge is -2.43. The van der Waals surface area contributed by atoms with Crippen molar-refractivity contribution in [2.45, 2.75) is 31.1 Å². The Balaban J connectivity index is 1.74. The lowest BCUT2D eigenvalue weighted by molar-refractivity contribution is -0.182. The van der Waals surface area contributed by atoms with Gasteiger partial charge in [0.2, 0.25) is 5.54 Å². The summed E-state index contributed by atoms with van der Waals surface area (Å²) in [7, 11) is 1.59. The Kier molecular flexibility index (Phi) is 5.26. The molecule has 152 valence electrons. The molecule has 0 radical (unpaired) electrons. The largest absolute Gasteiger partial charge is 0.497 e. The Bertz CT molecular complexity index is 961. The van der Waals surface area contributed by atoms with Crippen LogP contribution in [0.2, 0.25) is 0 Å². The summed E-state index contributed by atoms with van der Waals surface area (Å²) < 4.78 is 48.7. The lowest BCUT2D eigenvalue weighted by Crippen LogP contribution is -2.59. The van der Waals surface area contributed by atoms with E-state index in [1.807, 2.05) is 29.2 Å².